The van der Waals surface area contributed by atoms with Gasteiger partial charge in [-0.2, -0.15) is 0 Å². The van der Waals surface area contributed by atoms with Crippen molar-refractivity contribution < 1.29 is 8.42 Å². The molecule has 3 nitrogen and oxygen atoms in total. The number of hydrogen-bond acceptors (Lipinski definition) is 2. The molecule has 1 aromatic carbocycles. The fourth-order valence-corrected chi connectivity index (χ4v) is 1.61. The molecule has 0 spiro atoms. The van der Waals surface area contributed by atoms with Crippen LogP contribution in [0.15, 0.2) is 28.7 Å². The molecule has 0 aliphatic heterocycles. The third kappa shape index (κ3) is 2.70. The van der Waals surface area contributed by atoms with Crippen molar-refractivity contribution in [2.45, 2.75) is 0 Å². The SMILES string of the molecule is CN(c1ccc(Br)cc1)S(C)(=O)=O. The molecule has 0 saturated heterocycles. The lowest BCUT2D eigenvalue weighted by molar-refractivity contribution is 0.600. The van der Waals surface area contributed by atoms with Gasteiger partial charge in [-0.15, -0.1) is 0 Å². The van der Waals surface area contributed by atoms with Gasteiger partial charge < -0.3 is 0 Å². The van der Waals surface area contributed by atoms with Crippen LogP contribution < -0.4 is 4.31 Å². The van der Waals surface area contributed by atoms with Gasteiger partial charge >= 0.3 is 0 Å². The summed E-state index contributed by atoms with van der Waals surface area (Å²) < 4.78 is 24.4. The van der Waals surface area contributed by atoms with Gasteiger partial charge in [0.2, 0.25) is 10.0 Å². The lowest BCUT2D eigenvalue weighted by atomic mass is 10.3. The summed E-state index contributed by atoms with van der Waals surface area (Å²) in [7, 11) is -1.62. The average molecular weight is 264 g/mol. The minimum absolute atomic E-state index is 0.658. The fourth-order valence-electron chi connectivity index (χ4n) is 0.842. The molecule has 0 unspecified atom stereocenters. The number of anilines is 1. The van der Waals surface area contributed by atoms with Crippen molar-refractivity contribution in [3.63, 3.8) is 0 Å². The lowest BCUT2D eigenvalue weighted by Gasteiger charge is -2.16. The van der Waals surface area contributed by atoms with Gasteiger partial charge in [-0.25, -0.2) is 8.42 Å². The maximum absolute atomic E-state index is 11.1. The zero-order valence-electron chi connectivity index (χ0n) is 7.36. The molecule has 0 aromatic heterocycles. The van der Waals surface area contributed by atoms with Crippen molar-refractivity contribution in [3.05, 3.63) is 28.7 Å². The third-order valence-corrected chi connectivity index (χ3v) is 3.42. The van der Waals surface area contributed by atoms with E-state index in [4.69, 9.17) is 0 Å². The van der Waals surface area contributed by atoms with E-state index < -0.39 is 10.0 Å². The summed E-state index contributed by atoms with van der Waals surface area (Å²) in [5.41, 5.74) is 0.658. The van der Waals surface area contributed by atoms with Crippen LogP contribution in [-0.4, -0.2) is 21.7 Å². The third-order valence-electron chi connectivity index (χ3n) is 1.69. The molecule has 0 radical (unpaired) electrons. The first-order valence-electron chi connectivity index (χ1n) is 3.61. The zero-order valence-corrected chi connectivity index (χ0v) is 9.76. The second-order valence-electron chi connectivity index (χ2n) is 2.71. The van der Waals surface area contributed by atoms with Crippen molar-refractivity contribution in [1.82, 2.24) is 0 Å². The van der Waals surface area contributed by atoms with Crippen molar-refractivity contribution in [3.8, 4) is 0 Å². The summed E-state index contributed by atoms with van der Waals surface area (Å²) in [4.78, 5) is 0. The van der Waals surface area contributed by atoms with Gasteiger partial charge in [-0.1, -0.05) is 15.9 Å². The van der Waals surface area contributed by atoms with Crippen LogP contribution in [0.1, 0.15) is 0 Å². The molecule has 1 rings (SSSR count). The molecule has 0 heterocycles. The van der Waals surface area contributed by atoms with Crippen LogP contribution in [0.4, 0.5) is 5.69 Å². The number of benzene rings is 1. The Balaban J connectivity index is 3.04. The first kappa shape index (κ1) is 10.5. The average Bonchev–Trinajstić information content (AvgIpc) is 2.03. The van der Waals surface area contributed by atoms with Crippen LogP contribution in [0.5, 0.6) is 0 Å². The maximum Gasteiger partial charge on any atom is 0.231 e. The Morgan fingerprint density at radius 3 is 2.08 bits per heavy atom. The van der Waals surface area contributed by atoms with E-state index in [1.54, 1.807) is 24.3 Å². The van der Waals surface area contributed by atoms with E-state index in [-0.39, 0.29) is 0 Å². The van der Waals surface area contributed by atoms with E-state index in [1.165, 1.54) is 17.6 Å². The Morgan fingerprint density at radius 2 is 1.69 bits per heavy atom. The number of nitrogens with zero attached hydrogens (tertiary/aromatic N) is 1. The summed E-state index contributed by atoms with van der Waals surface area (Å²) in [6.45, 7) is 0. The Hall–Kier alpha value is -0.550. The molecule has 0 N–H and O–H groups in total. The monoisotopic (exact) mass is 263 g/mol. The van der Waals surface area contributed by atoms with Crippen LogP contribution in [0, 0.1) is 0 Å². The molecule has 72 valence electrons. The molecular formula is C8H10BrNO2S. The predicted molar refractivity (Wildman–Crippen MR) is 57.4 cm³/mol. The molecule has 5 heteroatoms. The lowest BCUT2D eigenvalue weighted by Crippen LogP contribution is -2.24. The van der Waals surface area contributed by atoms with Crippen molar-refractivity contribution in [1.29, 1.82) is 0 Å². The van der Waals surface area contributed by atoms with Crippen LogP contribution in [0.25, 0.3) is 0 Å². The van der Waals surface area contributed by atoms with Crippen LogP contribution >= 0.6 is 15.9 Å². The van der Waals surface area contributed by atoms with Crippen molar-refractivity contribution in [2.24, 2.45) is 0 Å². The Kier molecular flexibility index (Phi) is 2.98. The fraction of sp³-hybridized carbons (Fsp3) is 0.250. The topological polar surface area (TPSA) is 37.4 Å². The van der Waals surface area contributed by atoms with E-state index in [9.17, 15) is 8.42 Å². The van der Waals surface area contributed by atoms with Gasteiger partial charge in [0.1, 0.15) is 0 Å². The second-order valence-corrected chi connectivity index (χ2v) is 5.64. The number of rotatable bonds is 2. The molecule has 0 aliphatic carbocycles. The minimum atomic E-state index is -3.15. The highest BCUT2D eigenvalue weighted by Crippen LogP contribution is 2.18. The molecule has 0 bridgehead atoms. The molecule has 0 saturated carbocycles. The van der Waals surface area contributed by atoms with Crippen LogP contribution in [0.2, 0.25) is 0 Å². The number of hydrogen-bond donors (Lipinski definition) is 0. The van der Waals surface area contributed by atoms with Gasteiger partial charge in [-0.3, -0.25) is 4.31 Å². The Labute approximate surface area is 86.5 Å². The molecule has 0 atom stereocenters. The number of sulfonamides is 1. The summed E-state index contributed by atoms with van der Waals surface area (Å²) in [5.74, 6) is 0. The standard InChI is InChI=1S/C8H10BrNO2S/c1-10(13(2,11)12)8-5-3-7(9)4-6-8/h3-6H,1-2H3. The predicted octanol–water partition coefficient (Wildman–Crippen LogP) is 1.84. The maximum atomic E-state index is 11.1. The smallest absolute Gasteiger partial charge is 0.231 e. The molecule has 13 heavy (non-hydrogen) atoms. The second kappa shape index (κ2) is 3.67. The molecule has 0 amide bonds. The summed E-state index contributed by atoms with van der Waals surface area (Å²) in [6.07, 6.45) is 1.18. The van der Waals surface area contributed by atoms with E-state index >= 15 is 0 Å². The van der Waals surface area contributed by atoms with E-state index in [1.807, 2.05) is 0 Å². The first-order valence-corrected chi connectivity index (χ1v) is 6.25. The van der Waals surface area contributed by atoms with E-state index in [0.717, 1.165) is 4.47 Å². The quantitative estimate of drug-likeness (QED) is 0.817. The van der Waals surface area contributed by atoms with Gasteiger partial charge in [0, 0.05) is 11.5 Å². The molecule has 0 fully saturated rings. The largest absolute Gasteiger partial charge is 0.274 e. The van der Waals surface area contributed by atoms with E-state index in [2.05, 4.69) is 15.9 Å². The van der Waals surface area contributed by atoms with Crippen molar-refractivity contribution in [2.75, 3.05) is 17.6 Å². The first-order chi connectivity index (χ1) is 5.91. The minimum Gasteiger partial charge on any atom is -0.274 e. The Morgan fingerprint density at radius 1 is 1.23 bits per heavy atom. The zero-order chi connectivity index (χ0) is 10.1. The van der Waals surface area contributed by atoms with Gasteiger partial charge in [-0.05, 0) is 24.3 Å². The molecule has 0 aliphatic rings. The highest BCUT2D eigenvalue weighted by Gasteiger charge is 2.10. The molecule has 1 aromatic rings. The van der Waals surface area contributed by atoms with Crippen LogP contribution in [0.3, 0.4) is 0 Å². The normalized spacial score (nSPS) is 11.3. The summed E-state index contributed by atoms with van der Waals surface area (Å²) >= 11 is 3.28. The molecular weight excluding hydrogens is 254 g/mol. The van der Waals surface area contributed by atoms with Gasteiger partial charge in [0.15, 0.2) is 0 Å². The van der Waals surface area contributed by atoms with Gasteiger partial charge in [0.05, 0.1) is 11.9 Å². The summed E-state index contributed by atoms with van der Waals surface area (Å²) in [6, 6.07) is 7.09. The highest BCUT2D eigenvalue weighted by atomic mass is 79.9. The summed E-state index contributed by atoms with van der Waals surface area (Å²) in [5, 5.41) is 0. The van der Waals surface area contributed by atoms with Gasteiger partial charge in [0.25, 0.3) is 0 Å². The van der Waals surface area contributed by atoms with Crippen molar-refractivity contribution >= 4 is 31.6 Å². The Bertz CT molecular complexity index is 385. The van der Waals surface area contributed by atoms with Crippen LogP contribution in [-0.2, 0) is 10.0 Å². The number of halogens is 1. The van der Waals surface area contributed by atoms with E-state index in [0.29, 0.717) is 5.69 Å². The highest BCUT2D eigenvalue weighted by molar-refractivity contribution is 9.10.